The highest BCUT2D eigenvalue weighted by atomic mass is 15.1. The molecule has 1 aliphatic carbocycles. The van der Waals surface area contributed by atoms with E-state index in [9.17, 15) is 0 Å². The van der Waals surface area contributed by atoms with Crippen molar-refractivity contribution in [1.82, 2.24) is 9.55 Å². The van der Waals surface area contributed by atoms with E-state index in [0.29, 0.717) is 5.92 Å². The number of anilines is 1. The van der Waals surface area contributed by atoms with Crippen molar-refractivity contribution < 1.29 is 0 Å². The summed E-state index contributed by atoms with van der Waals surface area (Å²) in [7, 11) is 0. The molecule has 0 radical (unpaired) electrons. The Morgan fingerprint density at radius 2 is 2.16 bits per heavy atom. The van der Waals surface area contributed by atoms with Crippen LogP contribution in [0.4, 0.5) is 5.69 Å². The lowest BCUT2D eigenvalue weighted by atomic mass is 9.83. The minimum atomic E-state index is 0.454. The highest BCUT2D eigenvalue weighted by Gasteiger charge is 2.19. The quantitative estimate of drug-likeness (QED) is 0.843. The number of rotatable bonds is 4. The molecule has 1 aliphatic rings. The third kappa shape index (κ3) is 2.34. The second-order valence-corrected chi connectivity index (χ2v) is 6.11. The van der Waals surface area contributed by atoms with Crippen LogP contribution in [0.1, 0.15) is 51.3 Å². The van der Waals surface area contributed by atoms with Gasteiger partial charge in [-0.2, -0.15) is 0 Å². The van der Waals surface area contributed by atoms with Crippen LogP contribution in [0.15, 0.2) is 18.2 Å². The standard InChI is InChI=1S/C16H23N3/c1-11(2)16-18-14-10-13(17)6-7-15(14)19(16)9-8-12-4-3-5-12/h6-7,10-12H,3-5,8-9,17H2,1-2H3. The zero-order valence-electron chi connectivity index (χ0n) is 11.9. The van der Waals surface area contributed by atoms with Gasteiger partial charge >= 0.3 is 0 Å². The number of imidazole rings is 1. The molecule has 1 aromatic heterocycles. The van der Waals surface area contributed by atoms with Crippen LogP contribution < -0.4 is 5.73 Å². The first-order valence-corrected chi connectivity index (χ1v) is 7.41. The summed E-state index contributed by atoms with van der Waals surface area (Å²) < 4.78 is 2.40. The van der Waals surface area contributed by atoms with Crippen molar-refractivity contribution >= 4 is 16.7 Å². The number of benzene rings is 1. The molecule has 1 fully saturated rings. The van der Waals surface area contributed by atoms with E-state index in [-0.39, 0.29) is 0 Å². The number of nitrogen functional groups attached to an aromatic ring is 1. The minimum absolute atomic E-state index is 0.454. The molecule has 3 heteroatoms. The van der Waals surface area contributed by atoms with Crippen LogP contribution in [-0.2, 0) is 6.54 Å². The molecule has 1 saturated carbocycles. The molecule has 0 saturated heterocycles. The molecule has 19 heavy (non-hydrogen) atoms. The molecule has 1 heterocycles. The molecule has 0 bridgehead atoms. The van der Waals surface area contributed by atoms with Gasteiger partial charge in [0.05, 0.1) is 11.0 Å². The largest absolute Gasteiger partial charge is 0.399 e. The van der Waals surface area contributed by atoms with Gasteiger partial charge in [-0.25, -0.2) is 4.98 Å². The van der Waals surface area contributed by atoms with Crippen LogP contribution in [0.5, 0.6) is 0 Å². The number of nitrogens with two attached hydrogens (primary N) is 1. The molecule has 3 nitrogen and oxygen atoms in total. The number of hydrogen-bond acceptors (Lipinski definition) is 2. The first-order valence-electron chi connectivity index (χ1n) is 7.41. The molecule has 2 aromatic rings. The Bertz CT molecular complexity index is 579. The Labute approximate surface area is 114 Å². The van der Waals surface area contributed by atoms with Gasteiger partial charge in [0.1, 0.15) is 5.82 Å². The van der Waals surface area contributed by atoms with Crippen molar-refractivity contribution in [3.05, 3.63) is 24.0 Å². The molecule has 0 unspecified atom stereocenters. The fraction of sp³-hybridized carbons (Fsp3) is 0.562. The van der Waals surface area contributed by atoms with Crippen molar-refractivity contribution in [2.24, 2.45) is 5.92 Å². The summed E-state index contributed by atoms with van der Waals surface area (Å²) in [5, 5.41) is 0. The lowest BCUT2D eigenvalue weighted by Gasteiger charge is -2.26. The fourth-order valence-electron chi connectivity index (χ4n) is 2.93. The van der Waals surface area contributed by atoms with Crippen molar-refractivity contribution in [2.75, 3.05) is 5.73 Å². The SMILES string of the molecule is CC(C)c1nc2cc(N)ccc2n1CCC1CCC1. The van der Waals surface area contributed by atoms with Crippen molar-refractivity contribution in [3.8, 4) is 0 Å². The maximum atomic E-state index is 5.86. The van der Waals surface area contributed by atoms with E-state index in [1.165, 1.54) is 37.0 Å². The normalized spacial score (nSPS) is 16.2. The van der Waals surface area contributed by atoms with E-state index in [1.807, 2.05) is 12.1 Å². The van der Waals surface area contributed by atoms with E-state index >= 15 is 0 Å². The Morgan fingerprint density at radius 1 is 1.37 bits per heavy atom. The van der Waals surface area contributed by atoms with Crippen molar-refractivity contribution in [2.45, 2.75) is 52.0 Å². The average molecular weight is 257 g/mol. The van der Waals surface area contributed by atoms with Crippen LogP contribution in [-0.4, -0.2) is 9.55 Å². The Morgan fingerprint density at radius 3 is 2.79 bits per heavy atom. The maximum Gasteiger partial charge on any atom is 0.112 e. The highest BCUT2D eigenvalue weighted by Crippen LogP contribution is 2.31. The molecule has 0 atom stereocenters. The zero-order valence-corrected chi connectivity index (χ0v) is 11.9. The molecule has 102 valence electrons. The molecule has 0 amide bonds. The smallest absolute Gasteiger partial charge is 0.112 e. The summed E-state index contributed by atoms with van der Waals surface area (Å²) in [5.74, 6) is 2.58. The maximum absolute atomic E-state index is 5.86. The molecular formula is C16H23N3. The zero-order chi connectivity index (χ0) is 13.4. The van der Waals surface area contributed by atoms with Gasteiger partial charge in [0.15, 0.2) is 0 Å². The summed E-state index contributed by atoms with van der Waals surface area (Å²) in [6.07, 6.45) is 5.53. The first-order chi connectivity index (χ1) is 9.15. The van der Waals surface area contributed by atoms with Gasteiger partial charge in [-0.3, -0.25) is 0 Å². The van der Waals surface area contributed by atoms with E-state index in [4.69, 9.17) is 10.7 Å². The second kappa shape index (κ2) is 4.87. The van der Waals surface area contributed by atoms with Crippen LogP contribution >= 0.6 is 0 Å². The monoisotopic (exact) mass is 257 g/mol. The Balaban J connectivity index is 1.95. The van der Waals surface area contributed by atoms with Gasteiger partial charge in [-0.15, -0.1) is 0 Å². The summed E-state index contributed by atoms with van der Waals surface area (Å²) in [6, 6.07) is 6.08. The molecule has 3 rings (SSSR count). The number of nitrogens with zero attached hydrogens (tertiary/aromatic N) is 2. The summed E-state index contributed by atoms with van der Waals surface area (Å²) >= 11 is 0. The topological polar surface area (TPSA) is 43.8 Å². The van der Waals surface area contributed by atoms with Crippen molar-refractivity contribution in [1.29, 1.82) is 0 Å². The van der Waals surface area contributed by atoms with Crippen LogP contribution in [0.2, 0.25) is 0 Å². The minimum Gasteiger partial charge on any atom is -0.399 e. The first kappa shape index (κ1) is 12.5. The molecule has 2 N–H and O–H groups in total. The number of aryl methyl sites for hydroxylation is 1. The lowest BCUT2D eigenvalue weighted by Crippen LogP contribution is -2.15. The number of hydrogen-bond donors (Lipinski definition) is 1. The lowest BCUT2D eigenvalue weighted by molar-refractivity contribution is 0.282. The molecular weight excluding hydrogens is 234 g/mol. The van der Waals surface area contributed by atoms with E-state index in [2.05, 4.69) is 24.5 Å². The third-order valence-corrected chi connectivity index (χ3v) is 4.30. The summed E-state index contributed by atoms with van der Waals surface area (Å²) in [6.45, 7) is 5.52. The Kier molecular flexibility index (Phi) is 3.21. The predicted molar refractivity (Wildman–Crippen MR) is 80.2 cm³/mol. The predicted octanol–water partition coefficient (Wildman–Crippen LogP) is 3.93. The van der Waals surface area contributed by atoms with Gasteiger partial charge in [0.2, 0.25) is 0 Å². The second-order valence-electron chi connectivity index (χ2n) is 6.11. The summed E-state index contributed by atoms with van der Waals surface area (Å²) in [5.41, 5.74) is 8.93. The van der Waals surface area contributed by atoms with E-state index in [1.54, 1.807) is 0 Å². The van der Waals surface area contributed by atoms with Gasteiger partial charge in [-0.1, -0.05) is 33.1 Å². The average Bonchev–Trinajstić information content (AvgIpc) is 2.65. The Hall–Kier alpha value is -1.51. The summed E-state index contributed by atoms with van der Waals surface area (Å²) in [4.78, 5) is 4.78. The van der Waals surface area contributed by atoms with E-state index in [0.717, 1.165) is 23.7 Å². The van der Waals surface area contributed by atoms with Crippen LogP contribution in [0.3, 0.4) is 0 Å². The van der Waals surface area contributed by atoms with Gasteiger partial charge < -0.3 is 10.3 Å². The van der Waals surface area contributed by atoms with Crippen LogP contribution in [0.25, 0.3) is 11.0 Å². The number of aromatic nitrogens is 2. The van der Waals surface area contributed by atoms with Crippen molar-refractivity contribution in [3.63, 3.8) is 0 Å². The fourth-order valence-corrected chi connectivity index (χ4v) is 2.93. The van der Waals surface area contributed by atoms with E-state index < -0.39 is 0 Å². The van der Waals surface area contributed by atoms with Gasteiger partial charge in [-0.05, 0) is 30.5 Å². The van der Waals surface area contributed by atoms with Gasteiger partial charge in [0, 0.05) is 18.2 Å². The number of fused-ring (bicyclic) bond motifs is 1. The third-order valence-electron chi connectivity index (χ3n) is 4.30. The molecule has 1 aromatic carbocycles. The van der Waals surface area contributed by atoms with Crippen LogP contribution in [0, 0.1) is 5.92 Å². The molecule has 0 aliphatic heterocycles. The highest BCUT2D eigenvalue weighted by molar-refractivity contribution is 5.79. The van der Waals surface area contributed by atoms with Gasteiger partial charge in [0.25, 0.3) is 0 Å². The molecule has 0 spiro atoms.